The van der Waals surface area contributed by atoms with Gasteiger partial charge in [-0.15, -0.1) is 11.6 Å². The number of hydrogen-bond donors (Lipinski definition) is 6. The first-order valence-electron chi connectivity index (χ1n) is 9.81. The van der Waals surface area contributed by atoms with Crippen LogP contribution in [0, 0.1) is 17.8 Å². The maximum absolute atomic E-state index is 13.7. The van der Waals surface area contributed by atoms with E-state index in [2.05, 4.69) is 52.5 Å². The molecule has 8 atom stereocenters. The van der Waals surface area contributed by atoms with Crippen LogP contribution in [0.3, 0.4) is 0 Å². The fourth-order valence-electron chi connectivity index (χ4n) is 6.60. The molecule has 4 aliphatic heterocycles. The highest BCUT2D eigenvalue weighted by atomic mass is 79.9. The first-order chi connectivity index (χ1) is 14.7. The van der Waals surface area contributed by atoms with Gasteiger partial charge < -0.3 is 42.4 Å². The molecule has 1 aromatic heterocycles. The monoisotopic (exact) mass is 575 g/mol. The minimum atomic E-state index is -1.21. The summed E-state index contributed by atoms with van der Waals surface area (Å²) < 4.78 is 3.22. The molecule has 14 heteroatoms. The number of carbonyl (C=O) groups excluding carboxylic acids is 1. The third-order valence-corrected chi connectivity index (χ3v) is 10.2. The maximum Gasteiger partial charge on any atom is 0.272 e. The zero-order valence-electron chi connectivity index (χ0n) is 16.0. The number of nitrogens with two attached hydrogens (primary N) is 3. The van der Waals surface area contributed by atoms with Crippen molar-refractivity contribution in [2.24, 2.45) is 44.9 Å². The lowest BCUT2D eigenvalue weighted by atomic mass is 9.73. The fraction of sp³-hybridized carbons (Fsp3) is 0.588. The third kappa shape index (κ3) is 2.06. The number of aliphatic imine (C=N–C) groups is 2. The molecule has 31 heavy (non-hydrogen) atoms. The second kappa shape index (κ2) is 6.07. The molecule has 2 spiro atoms. The molecular formula is C17H20Br2ClN9O2. The number of amides is 1. The third-order valence-electron chi connectivity index (χ3n) is 7.57. The average molecular weight is 578 g/mol. The SMILES string of the molecule is NC[C@H]1[C@H]2CN3C(=O)c4cc(Br)c(Br)n4[C@H]4N=C(N)N[C@]43[C@H]2[C@@]2(NC(N)=N[C@H]2O)[C@H]1Cl. The molecule has 5 heterocycles. The van der Waals surface area contributed by atoms with Gasteiger partial charge in [-0.1, -0.05) is 0 Å². The van der Waals surface area contributed by atoms with E-state index >= 15 is 0 Å². The van der Waals surface area contributed by atoms with Gasteiger partial charge in [-0.05, 0) is 56.3 Å². The molecule has 11 nitrogen and oxygen atoms in total. The summed E-state index contributed by atoms with van der Waals surface area (Å²) in [6.45, 7) is 0.670. The number of fused-ring (bicyclic) bond motifs is 4. The van der Waals surface area contributed by atoms with Crippen LogP contribution in [0.2, 0.25) is 0 Å². The number of aromatic nitrogens is 1. The molecule has 9 N–H and O–H groups in total. The highest BCUT2D eigenvalue weighted by molar-refractivity contribution is 9.13. The Kier molecular flexibility index (Phi) is 3.93. The van der Waals surface area contributed by atoms with Gasteiger partial charge in [-0.25, -0.2) is 9.98 Å². The zero-order chi connectivity index (χ0) is 22.0. The van der Waals surface area contributed by atoms with Crippen molar-refractivity contribution < 1.29 is 9.90 Å². The van der Waals surface area contributed by atoms with Crippen molar-refractivity contribution in [1.29, 1.82) is 0 Å². The molecule has 1 saturated heterocycles. The molecule has 1 saturated carbocycles. The van der Waals surface area contributed by atoms with Crippen molar-refractivity contribution in [2.45, 2.75) is 29.0 Å². The summed E-state index contributed by atoms with van der Waals surface area (Å²) in [6, 6.07) is 1.76. The number of rotatable bonds is 1. The lowest BCUT2D eigenvalue weighted by Gasteiger charge is -2.51. The summed E-state index contributed by atoms with van der Waals surface area (Å²) >= 11 is 14.0. The fourth-order valence-corrected chi connectivity index (χ4v) is 8.10. The Morgan fingerprint density at radius 3 is 2.65 bits per heavy atom. The van der Waals surface area contributed by atoms with Crippen molar-refractivity contribution in [3.8, 4) is 0 Å². The molecule has 1 aromatic rings. The van der Waals surface area contributed by atoms with Gasteiger partial charge in [0.05, 0.1) is 9.85 Å². The largest absolute Gasteiger partial charge is 0.370 e. The minimum absolute atomic E-state index is 0.0978. The van der Waals surface area contributed by atoms with E-state index < -0.39 is 34.9 Å². The van der Waals surface area contributed by atoms with Gasteiger partial charge in [0.15, 0.2) is 30.0 Å². The Morgan fingerprint density at radius 2 is 2.00 bits per heavy atom. The van der Waals surface area contributed by atoms with Crippen molar-refractivity contribution in [1.82, 2.24) is 20.1 Å². The van der Waals surface area contributed by atoms with Crippen molar-refractivity contribution in [2.75, 3.05) is 13.1 Å². The summed E-state index contributed by atoms with van der Waals surface area (Å²) in [5, 5.41) is 17.0. The molecule has 0 radical (unpaired) electrons. The Bertz CT molecular complexity index is 1090. The molecule has 166 valence electrons. The topological polar surface area (TPSA) is 172 Å². The predicted octanol–water partition coefficient (Wildman–Crippen LogP) is -1.00. The summed E-state index contributed by atoms with van der Waals surface area (Å²) in [4.78, 5) is 24.3. The Hall–Kier alpha value is -1.54. The van der Waals surface area contributed by atoms with E-state index in [1.165, 1.54) is 0 Å². The van der Waals surface area contributed by atoms with Gasteiger partial charge in [-0.2, -0.15) is 0 Å². The van der Waals surface area contributed by atoms with Crippen LogP contribution in [0.4, 0.5) is 0 Å². The van der Waals surface area contributed by atoms with Crippen molar-refractivity contribution in [3.63, 3.8) is 0 Å². The quantitative estimate of drug-likeness (QED) is 0.232. The van der Waals surface area contributed by atoms with Crippen LogP contribution < -0.4 is 27.8 Å². The number of guanidine groups is 2. The minimum Gasteiger partial charge on any atom is -0.370 e. The molecule has 0 unspecified atom stereocenters. The summed E-state index contributed by atoms with van der Waals surface area (Å²) in [5.41, 5.74) is 16.6. The normalized spacial score (nSPS) is 44.4. The van der Waals surface area contributed by atoms with Gasteiger partial charge >= 0.3 is 0 Å². The number of aliphatic hydroxyl groups excluding tert-OH is 1. The summed E-state index contributed by atoms with van der Waals surface area (Å²) in [7, 11) is 0. The van der Waals surface area contributed by atoms with Gasteiger partial charge in [0.1, 0.15) is 15.8 Å². The van der Waals surface area contributed by atoms with E-state index in [1.54, 1.807) is 11.0 Å². The van der Waals surface area contributed by atoms with Gasteiger partial charge in [-0.3, -0.25) is 4.79 Å². The molecule has 2 fully saturated rings. The standard InChI is InChI=1S/C17H20Br2ClN9O2/c18-6-1-7-11(30)28-3-5-4(2-21)9(20)16(13(31)25-15(23)26-16)8(5)17(28)12(24-14(22)27-17)29(7)10(6)19/h1,4-5,8-9,12-13,31H,2-3,21H2,(H3,22,24,27)(H3,23,25,26)/t4-,5+,8+,9-,12+,13-,16+,17-/m0/s1. The van der Waals surface area contributed by atoms with E-state index in [1.807, 2.05) is 4.57 Å². The van der Waals surface area contributed by atoms with Gasteiger partial charge in [0, 0.05) is 12.5 Å². The van der Waals surface area contributed by atoms with Crippen LogP contribution in [0.25, 0.3) is 0 Å². The van der Waals surface area contributed by atoms with Crippen LogP contribution in [-0.4, -0.2) is 68.3 Å². The molecule has 1 aliphatic carbocycles. The van der Waals surface area contributed by atoms with E-state index in [-0.39, 0.29) is 36.2 Å². The lowest BCUT2D eigenvalue weighted by molar-refractivity contribution is -0.0274. The molecule has 0 aromatic carbocycles. The average Bonchev–Trinajstić information content (AvgIpc) is 3.43. The Labute approximate surface area is 198 Å². The van der Waals surface area contributed by atoms with Crippen LogP contribution in [0.1, 0.15) is 16.7 Å². The molecule has 5 aliphatic rings. The number of halogens is 3. The van der Waals surface area contributed by atoms with Gasteiger partial charge in [0.2, 0.25) is 0 Å². The highest BCUT2D eigenvalue weighted by Crippen LogP contribution is 2.63. The van der Waals surface area contributed by atoms with Crippen molar-refractivity contribution >= 4 is 61.3 Å². The smallest absolute Gasteiger partial charge is 0.272 e. The Morgan fingerprint density at radius 1 is 1.29 bits per heavy atom. The molecular weight excluding hydrogens is 558 g/mol. The van der Waals surface area contributed by atoms with Gasteiger partial charge in [0.25, 0.3) is 5.91 Å². The first-order valence-corrected chi connectivity index (χ1v) is 11.8. The Balaban J connectivity index is 1.62. The van der Waals surface area contributed by atoms with Crippen LogP contribution in [0.15, 0.2) is 25.1 Å². The number of alkyl halides is 1. The van der Waals surface area contributed by atoms with E-state index in [9.17, 15) is 9.90 Å². The molecule has 0 bridgehead atoms. The van der Waals surface area contributed by atoms with Crippen LogP contribution in [0.5, 0.6) is 0 Å². The molecule has 6 rings (SSSR count). The summed E-state index contributed by atoms with van der Waals surface area (Å²) in [6.07, 6.45) is -1.81. The number of nitrogens with zero attached hydrogens (tertiary/aromatic N) is 4. The highest BCUT2D eigenvalue weighted by Gasteiger charge is 2.79. The first kappa shape index (κ1) is 20.1. The maximum atomic E-state index is 13.7. The summed E-state index contributed by atoms with van der Waals surface area (Å²) in [5.74, 6) is -0.639. The number of carbonyl (C=O) groups is 1. The van der Waals surface area contributed by atoms with E-state index in [0.29, 0.717) is 16.8 Å². The second-order valence-electron chi connectivity index (χ2n) is 8.68. The number of nitrogens with one attached hydrogen (secondary N) is 2. The predicted molar refractivity (Wildman–Crippen MR) is 120 cm³/mol. The van der Waals surface area contributed by atoms with E-state index in [0.717, 1.165) is 4.47 Å². The zero-order valence-corrected chi connectivity index (χ0v) is 19.9. The number of hydrogen-bond acceptors (Lipinski definition) is 9. The lowest BCUT2D eigenvalue weighted by Crippen LogP contribution is -2.74. The van der Waals surface area contributed by atoms with E-state index in [4.69, 9.17) is 28.8 Å². The number of aliphatic hydroxyl groups is 1. The second-order valence-corrected chi connectivity index (χ2v) is 10.8. The molecule has 1 amide bonds. The van der Waals surface area contributed by atoms with Crippen molar-refractivity contribution in [3.05, 3.63) is 20.8 Å². The van der Waals surface area contributed by atoms with Crippen LogP contribution in [-0.2, 0) is 0 Å². The van der Waals surface area contributed by atoms with Crippen LogP contribution >= 0.6 is 43.5 Å².